The number of hydrogen-bond donors (Lipinski definition) is 0. The molecule has 4 heteroatoms. The Morgan fingerprint density at radius 3 is 2.63 bits per heavy atom. The summed E-state index contributed by atoms with van der Waals surface area (Å²) in [7, 11) is 1.53. The third kappa shape index (κ3) is 2.41. The van der Waals surface area contributed by atoms with Crippen molar-refractivity contribution in [2.75, 3.05) is 7.11 Å². The van der Waals surface area contributed by atoms with Crippen LogP contribution in [0.2, 0.25) is 0 Å². The number of rotatable bonds is 4. The third-order valence-electron chi connectivity index (χ3n) is 3.94. The Labute approximate surface area is 112 Å². The van der Waals surface area contributed by atoms with E-state index < -0.39 is 5.54 Å². The van der Waals surface area contributed by atoms with Gasteiger partial charge in [0.2, 0.25) is 6.08 Å². The molecule has 19 heavy (non-hydrogen) atoms. The van der Waals surface area contributed by atoms with E-state index in [0.717, 1.165) is 43.2 Å². The van der Waals surface area contributed by atoms with Gasteiger partial charge in [0, 0.05) is 6.07 Å². The maximum Gasteiger partial charge on any atom is 0.235 e. The van der Waals surface area contributed by atoms with E-state index in [1.54, 1.807) is 6.08 Å². The molecule has 0 N–H and O–H groups in total. The highest BCUT2D eigenvalue weighted by Gasteiger charge is 2.38. The molecule has 0 spiro atoms. The van der Waals surface area contributed by atoms with Crippen LogP contribution in [0.3, 0.4) is 0 Å². The molecular formula is C15H18FNO2. The van der Waals surface area contributed by atoms with Crippen LogP contribution in [0.15, 0.2) is 17.1 Å². The number of halogens is 1. The Kier molecular flexibility index (Phi) is 4.01. The Balaban J connectivity index is 2.65. The molecule has 0 saturated heterocycles. The molecule has 0 aliphatic heterocycles. The topological polar surface area (TPSA) is 38.7 Å². The standard InChI is InChI=1S/C15H18FNO2/c1-3-12-13(8-11(16)9-14(12)19-2)15(17-10-18)6-4-5-7-15/h8-9H,3-7H2,1-2H3. The quantitative estimate of drug-likeness (QED) is 0.616. The number of nitrogens with zero attached hydrogens (tertiary/aromatic N) is 1. The van der Waals surface area contributed by atoms with E-state index in [4.69, 9.17) is 4.74 Å². The third-order valence-corrected chi connectivity index (χ3v) is 3.94. The lowest BCUT2D eigenvalue weighted by atomic mass is 9.84. The molecule has 1 aromatic carbocycles. The molecule has 1 aromatic rings. The predicted octanol–water partition coefficient (Wildman–Crippen LogP) is 3.50. The van der Waals surface area contributed by atoms with Gasteiger partial charge in [0.1, 0.15) is 11.6 Å². The second kappa shape index (κ2) is 5.54. The van der Waals surface area contributed by atoms with Crippen molar-refractivity contribution in [1.29, 1.82) is 0 Å². The summed E-state index contributed by atoms with van der Waals surface area (Å²) in [6.07, 6.45) is 5.90. The average Bonchev–Trinajstić information content (AvgIpc) is 2.87. The molecule has 0 unspecified atom stereocenters. The second-order valence-electron chi connectivity index (χ2n) is 4.93. The van der Waals surface area contributed by atoms with Gasteiger partial charge in [-0.05, 0) is 36.5 Å². The van der Waals surface area contributed by atoms with E-state index in [1.807, 2.05) is 6.92 Å². The first-order valence-electron chi connectivity index (χ1n) is 6.63. The Morgan fingerprint density at radius 2 is 2.11 bits per heavy atom. The zero-order valence-corrected chi connectivity index (χ0v) is 11.3. The fraction of sp³-hybridized carbons (Fsp3) is 0.533. The molecular weight excluding hydrogens is 245 g/mol. The molecule has 0 radical (unpaired) electrons. The minimum atomic E-state index is -0.609. The molecule has 1 saturated carbocycles. The smallest absolute Gasteiger partial charge is 0.235 e. The number of carbonyl (C=O) groups excluding carboxylic acids is 1. The molecule has 3 nitrogen and oxygen atoms in total. The van der Waals surface area contributed by atoms with Gasteiger partial charge < -0.3 is 4.74 Å². The summed E-state index contributed by atoms with van der Waals surface area (Å²) in [6, 6.07) is 2.88. The van der Waals surface area contributed by atoms with Gasteiger partial charge in [0.05, 0.1) is 12.6 Å². The van der Waals surface area contributed by atoms with Crippen molar-refractivity contribution in [2.24, 2.45) is 4.99 Å². The number of aliphatic imine (C=N–C) groups is 1. The number of benzene rings is 1. The minimum Gasteiger partial charge on any atom is -0.496 e. The highest BCUT2D eigenvalue weighted by Crippen LogP contribution is 2.45. The van der Waals surface area contributed by atoms with Crippen molar-refractivity contribution in [3.63, 3.8) is 0 Å². The monoisotopic (exact) mass is 263 g/mol. The van der Waals surface area contributed by atoms with Crippen LogP contribution in [0, 0.1) is 5.82 Å². The number of ether oxygens (including phenoxy) is 1. The Morgan fingerprint density at radius 1 is 1.42 bits per heavy atom. The molecule has 1 aliphatic rings. The van der Waals surface area contributed by atoms with Crippen LogP contribution in [0.25, 0.3) is 0 Å². The highest BCUT2D eigenvalue weighted by molar-refractivity contribution is 5.47. The van der Waals surface area contributed by atoms with Crippen LogP contribution >= 0.6 is 0 Å². The Hall–Kier alpha value is -1.67. The fourth-order valence-electron chi connectivity index (χ4n) is 3.06. The van der Waals surface area contributed by atoms with Crippen molar-refractivity contribution in [3.8, 4) is 5.75 Å². The summed E-state index contributed by atoms with van der Waals surface area (Å²) in [5.41, 5.74) is 1.11. The van der Waals surface area contributed by atoms with Gasteiger partial charge in [-0.25, -0.2) is 9.18 Å². The number of hydrogen-bond acceptors (Lipinski definition) is 3. The summed E-state index contributed by atoms with van der Waals surface area (Å²) in [4.78, 5) is 14.8. The van der Waals surface area contributed by atoms with Gasteiger partial charge in [-0.3, -0.25) is 0 Å². The molecule has 0 bridgehead atoms. The van der Waals surface area contributed by atoms with Crippen LogP contribution < -0.4 is 4.74 Å². The summed E-state index contributed by atoms with van der Waals surface area (Å²) < 4.78 is 19.0. The lowest BCUT2D eigenvalue weighted by molar-refractivity contribution is 0.396. The van der Waals surface area contributed by atoms with E-state index in [1.165, 1.54) is 19.2 Å². The lowest BCUT2D eigenvalue weighted by Gasteiger charge is -2.26. The van der Waals surface area contributed by atoms with Gasteiger partial charge in [0.15, 0.2) is 0 Å². The molecule has 0 aromatic heterocycles. The van der Waals surface area contributed by atoms with Crippen molar-refractivity contribution < 1.29 is 13.9 Å². The van der Waals surface area contributed by atoms with E-state index >= 15 is 0 Å². The van der Waals surface area contributed by atoms with Crippen molar-refractivity contribution in [3.05, 3.63) is 29.1 Å². The lowest BCUT2D eigenvalue weighted by Crippen LogP contribution is -2.21. The van der Waals surface area contributed by atoms with Gasteiger partial charge in [-0.2, -0.15) is 4.99 Å². The first-order valence-corrected chi connectivity index (χ1v) is 6.63. The number of isocyanates is 1. The molecule has 0 amide bonds. The maximum absolute atomic E-state index is 13.8. The van der Waals surface area contributed by atoms with Gasteiger partial charge >= 0.3 is 0 Å². The molecule has 1 fully saturated rings. The first-order chi connectivity index (χ1) is 9.16. The molecule has 2 rings (SSSR count). The zero-order chi connectivity index (χ0) is 13.9. The van der Waals surface area contributed by atoms with Crippen molar-refractivity contribution >= 4 is 6.08 Å². The van der Waals surface area contributed by atoms with E-state index in [0.29, 0.717) is 5.75 Å². The summed E-state index contributed by atoms with van der Waals surface area (Å²) in [5, 5.41) is 0. The fourth-order valence-corrected chi connectivity index (χ4v) is 3.06. The zero-order valence-electron chi connectivity index (χ0n) is 11.3. The second-order valence-corrected chi connectivity index (χ2v) is 4.93. The highest BCUT2D eigenvalue weighted by atomic mass is 19.1. The molecule has 0 atom stereocenters. The van der Waals surface area contributed by atoms with Crippen LogP contribution in [-0.4, -0.2) is 13.2 Å². The van der Waals surface area contributed by atoms with Crippen molar-refractivity contribution in [1.82, 2.24) is 0 Å². The van der Waals surface area contributed by atoms with Crippen LogP contribution in [0.1, 0.15) is 43.7 Å². The van der Waals surface area contributed by atoms with Gasteiger partial charge in [0.25, 0.3) is 0 Å². The van der Waals surface area contributed by atoms with Crippen molar-refractivity contribution in [2.45, 2.75) is 44.6 Å². The van der Waals surface area contributed by atoms with E-state index in [-0.39, 0.29) is 5.82 Å². The summed E-state index contributed by atoms with van der Waals surface area (Å²) in [5.74, 6) is 0.182. The normalized spacial score (nSPS) is 17.0. The maximum atomic E-state index is 13.8. The number of methoxy groups -OCH3 is 1. The average molecular weight is 263 g/mol. The molecule has 1 aliphatic carbocycles. The van der Waals surface area contributed by atoms with Gasteiger partial charge in [-0.1, -0.05) is 19.8 Å². The minimum absolute atomic E-state index is 0.351. The van der Waals surface area contributed by atoms with E-state index in [9.17, 15) is 9.18 Å². The largest absolute Gasteiger partial charge is 0.496 e. The van der Waals surface area contributed by atoms with E-state index in [2.05, 4.69) is 4.99 Å². The Bertz CT molecular complexity index is 515. The molecule has 0 heterocycles. The molecule has 102 valence electrons. The summed E-state index contributed by atoms with van der Waals surface area (Å²) >= 11 is 0. The predicted molar refractivity (Wildman–Crippen MR) is 70.6 cm³/mol. The van der Waals surface area contributed by atoms with Crippen LogP contribution in [-0.2, 0) is 16.8 Å². The SMILES string of the molecule is CCc1c(OC)cc(F)cc1C1(N=C=O)CCCC1. The summed E-state index contributed by atoms with van der Waals surface area (Å²) in [6.45, 7) is 1.99. The van der Waals surface area contributed by atoms with Gasteiger partial charge in [-0.15, -0.1) is 0 Å². The van der Waals surface area contributed by atoms with Crippen LogP contribution in [0.4, 0.5) is 4.39 Å². The first kappa shape index (κ1) is 13.8. The van der Waals surface area contributed by atoms with Crippen LogP contribution in [0.5, 0.6) is 5.75 Å².